The van der Waals surface area contributed by atoms with Gasteiger partial charge in [-0.15, -0.1) is 0 Å². The molecule has 0 bridgehead atoms. The predicted octanol–water partition coefficient (Wildman–Crippen LogP) is 1.77. The molecule has 4 nitrogen and oxygen atoms in total. The van der Waals surface area contributed by atoms with Crippen molar-refractivity contribution in [1.29, 1.82) is 0 Å². The van der Waals surface area contributed by atoms with Crippen LogP contribution >= 0.6 is 0 Å². The summed E-state index contributed by atoms with van der Waals surface area (Å²) in [5, 5.41) is 8.77. The Morgan fingerprint density at radius 3 is 2.70 bits per heavy atom. The van der Waals surface area contributed by atoms with Crippen LogP contribution in [0.15, 0.2) is 18.2 Å². The lowest BCUT2D eigenvalue weighted by Gasteiger charge is -2.19. The van der Waals surface area contributed by atoms with Crippen LogP contribution in [0.2, 0.25) is 0 Å². The number of carbonyl (C=O) groups excluding carboxylic acids is 1. The number of hydrogen-bond donors (Lipinski definition) is 1. The summed E-state index contributed by atoms with van der Waals surface area (Å²) < 4.78 is 5.19. The van der Waals surface area contributed by atoms with Gasteiger partial charge in [0.25, 0.3) is 5.91 Å². The minimum atomic E-state index is -0.228. The molecule has 0 heterocycles. The van der Waals surface area contributed by atoms with E-state index in [4.69, 9.17) is 9.84 Å². The topological polar surface area (TPSA) is 49.8 Å². The summed E-state index contributed by atoms with van der Waals surface area (Å²) in [6, 6.07) is 5.14. The van der Waals surface area contributed by atoms with Gasteiger partial charge in [0.15, 0.2) is 0 Å². The van der Waals surface area contributed by atoms with Gasteiger partial charge in [0.1, 0.15) is 12.4 Å². The number of amides is 1. The average Bonchev–Trinajstić information content (AvgIpc) is 2.43. The highest BCUT2D eigenvalue weighted by Crippen LogP contribution is 2.19. The zero-order chi connectivity index (χ0) is 15.1. The Hall–Kier alpha value is -1.99. The number of nitrogens with zero attached hydrogens (tertiary/aromatic N) is 1. The van der Waals surface area contributed by atoms with E-state index in [1.165, 1.54) is 0 Å². The molecule has 0 saturated heterocycles. The fourth-order valence-electron chi connectivity index (χ4n) is 1.92. The number of aliphatic hydroxyl groups excluding tert-OH is 1. The number of ether oxygens (including phenoxy) is 1. The molecule has 108 valence electrons. The van der Waals surface area contributed by atoms with Gasteiger partial charge in [-0.2, -0.15) is 0 Å². The van der Waals surface area contributed by atoms with E-state index in [9.17, 15) is 4.79 Å². The lowest BCUT2D eigenvalue weighted by atomic mass is 10.1. The monoisotopic (exact) mass is 275 g/mol. The normalized spacial score (nSPS) is 9.90. The predicted molar refractivity (Wildman–Crippen MR) is 78.8 cm³/mol. The molecule has 1 N–H and O–H groups in total. The number of aliphatic hydroxyl groups is 1. The third-order valence-electron chi connectivity index (χ3n) is 2.73. The first-order valence-electron chi connectivity index (χ1n) is 6.52. The molecule has 0 aliphatic heterocycles. The van der Waals surface area contributed by atoms with Crippen molar-refractivity contribution >= 4 is 5.91 Å². The van der Waals surface area contributed by atoms with Gasteiger partial charge < -0.3 is 14.7 Å². The lowest BCUT2D eigenvalue weighted by molar-refractivity contribution is 0.0779. The maximum Gasteiger partial charge on any atom is 0.253 e. The van der Waals surface area contributed by atoms with Gasteiger partial charge in [-0.05, 0) is 24.1 Å². The zero-order valence-electron chi connectivity index (χ0n) is 12.4. The number of rotatable bonds is 4. The second kappa shape index (κ2) is 7.56. The maximum atomic E-state index is 12.3. The third-order valence-corrected chi connectivity index (χ3v) is 2.73. The Morgan fingerprint density at radius 2 is 2.15 bits per heavy atom. The second-order valence-corrected chi connectivity index (χ2v) is 4.95. The van der Waals surface area contributed by atoms with Crippen molar-refractivity contribution in [2.24, 2.45) is 5.92 Å². The summed E-state index contributed by atoms with van der Waals surface area (Å²) in [6.07, 6.45) is 0. The quantitative estimate of drug-likeness (QED) is 0.852. The molecule has 0 atom stereocenters. The number of hydrogen-bond acceptors (Lipinski definition) is 3. The smallest absolute Gasteiger partial charge is 0.253 e. The Labute approximate surface area is 120 Å². The summed E-state index contributed by atoms with van der Waals surface area (Å²) in [6.45, 7) is 4.60. The summed E-state index contributed by atoms with van der Waals surface area (Å²) in [4.78, 5) is 14.0. The van der Waals surface area contributed by atoms with Crippen LogP contribution in [-0.4, -0.2) is 43.2 Å². The number of benzene rings is 1. The first kappa shape index (κ1) is 16.1. The van der Waals surface area contributed by atoms with Crippen LogP contribution in [0.1, 0.15) is 29.8 Å². The first-order valence-corrected chi connectivity index (χ1v) is 6.52. The van der Waals surface area contributed by atoms with Crippen LogP contribution in [0.3, 0.4) is 0 Å². The van der Waals surface area contributed by atoms with E-state index >= 15 is 0 Å². The van der Waals surface area contributed by atoms with Crippen molar-refractivity contribution in [2.45, 2.75) is 13.8 Å². The van der Waals surface area contributed by atoms with Gasteiger partial charge in [0.05, 0.1) is 12.7 Å². The van der Waals surface area contributed by atoms with Crippen LogP contribution in [0.5, 0.6) is 5.75 Å². The standard InChI is InChI=1S/C16H21NO3/c1-12(2)11-17(3)16(19)14-7-8-15(20-4)13(10-14)6-5-9-18/h7-8,10,12,18H,9,11H2,1-4H3. The molecule has 0 spiro atoms. The Bertz CT molecular complexity index is 526. The molecule has 0 fully saturated rings. The highest BCUT2D eigenvalue weighted by atomic mass is 16.5. The Morgan fingerprint density at radius 1 is 1.45 bits per heavy atom. The molecule has 1 amide bonds. The van der Waals surface area contributed by atoms with Crippen LogP contribution in [-0.2, 0) is 0 Å². The molecule has 0 aliphatic rings. The van der Waals surface area contributed by atoms with Crippen LogP contribution < -0.4 is 4.74 Å². The summed E-state index contributed by atoms with van der Waals surface area (Å²) in [5.41, 5.74) is 1.17. The van der Waals surface area contributed by atoms with Crippen LogP contribution in [0.25, 0.3) is 0 Å². The molecular weight excluding hydrogens is 254 g/mol. The average molecular weight is 275 g/mol. The fraction of sp³-hybridized carbons (Fsp3) is 0.438. The number of methoxy groups -OCH3 is 1. The molecule has 0 unspecified atom stereocenters. The van der Waals surface area contributed by atoms with Crippen molar-refractivity contribution in [3.05, 3.63) is 29.3 Å². The molecule has 1 aromatic carbocycles. The molecule has 1 aromatic rings. The van der Waals surface area contributed by atoms with Gasteiger partial charge in [-0.1, -0.05) is 25.7 Å². The highest BCUT2D eigenvalue weighted by Gasteiger charge is 2.14. The summed E-state index contributed by atoms with van der Waals surface area (Å²) in [5.74, 6) is 6.32. The summed E-state index contributed by atoms with van der Waals surface area (Å²) >= 11 is 0. The van der Waals surface area contributed by atoms with Crippen molar-refractivity contribution in [1.82, 2.24) is 4.90 Å². The third kappa shape index (κ3) is 4.29. The number of carbonyl (C=O) groups is 1. The van der Waals surface area contributed by atoms with E-state index in [1.807, 2.05) is 0 Å². The van der Waals surface area contributed by atoms with Gasteiger partial charge in [0, 0.05) is 19.2 Å². The molecule has 0 radical (unpaired) electrons. The molecule has 1 rings (SSSR count). The van der Waals surface area contributed by atoms with E-state index in [2.05, 4.69) is 25.7 Å². The molecule has 0 aromatic heterocycles. The van der Waals surface area contributed by atoms with E-state index in [-0.39, 0.29) is 12.5 Å². The highest BCUT2D eigenvalue weighted by molar-refractivity contribution is 5.94. The second-order valence-electron chi connectivity index (χ2n) is 4.95. The summed E-state index contributed by atoms with van der Waals surface area (Å²) in [7, 11) is 3.33. The van der Waals surface area contributed by atoms with Crippen LogP contribution in [0.4, 0.5) is 0 Å². The Balaban J connectivity index is 3.04. The SMILES string of the molecule is COc1ccc(C(=O)N(C)CC(C)C)cc1C#CCO. The van der Waals surface area contributed by atoms with Crippen molar-refractivity contribution in [2.75, 3.05) is 27.3 Å². The van der Waals surface area contributed by atoms with Gasteiger partial charge in [0.2, 0.25) is 0 Å². The maximum absolute atomic E-state index is 12.3. The minimum absolute atomic E-state index is 0.0478. The van der Waals surface area contributed by atoms with E-state index < -0.39 is 0 Å². The van der Waals surface area contributed by atoms with E-state index in [0.29, 0.717) is 29.3 Å². The minimum Gasteiger partial charge on any atom is -0.495 e. The van der Waals surface area contributed by atoms with E-state index in [0.717, 1.165) is 0 Å². The van der Waals surface area contributed by atoms with E-state index in [1.54, 1.807) is 37.3 Å². The Kier molecular flexibility index (Phi) is 6.08. The molecule has 20 heavy (non-hydrogen) atoms. The van der Waals surface area contributed by atoms with Crippen LogP contribution in [0, 0.1) is 17.8 Å². The van der Waals surface area contributed by atoms with Crippen molar-refractivity contribution in [3.63, 3.8) is 0 Å². The molecular formula is C16H21NO3. The largest absolute Gasteiger partial charge is 0.495 e. The van der Waals surface area contributed by atoms with Gasteiger partial charge >= 0.3 is 0 Å². The molecule has 0 saturated carbocycles. The fourth-order valence-corrected chi connectivity index (χ4v) is 1.92. The molecule has 0 aliphatic carbocycles. The van der Waals surface area contributed by atoms with Crippen molar-refractivity contribution < 1.29 is 14.6 Å². The van der Waals surface area contributed by atoms with Gasteiger partial charge in [-0.3, -0.25) is 4.79 Å². The first-order chi connectivity index (χ1) is 9.49. The lowest BCUT2D eigenvalue weighted by Crippen LogP contribution is -2.30. The zero-order valence-corrected chi connectivity index (χ0v) is 12.4. The van der Waals surface area contributed by atoms with Crippen molar-refractivity contribution in [3.8, 4) is 17.6 Å². The molecule has 4 heteroatoms. The van der Waals surface area contributed by atoms with Gasteiger partial charge in [-0.25, -0.2) is 0 Å².